The molecule has 1 aromatic rings. The monoisotopic (exact) mass is 239 g/mol. The molecule has 0 spiro atoms. The summed E-state index contributed by atoms with van der Waals surface area (Å²) < 4.78 is 5.00. The number of rotatable bonds is 4. The molecule has 6 heteroatoms. The second-order valence-electron chi connectivity index (χ2n) is 4.07. The van der Waals surface area contributed by atoms with Crippen LogP contribution in [0.4, 0.5) is 0 Å². The van der Waals surface area contributed by atoms with Gasteiger partial charge in [0.05, 0.1) is 7.11 Å². The third-order valence-corrected chi connectivity index (χ3v) is 2.20. The van der Waals surface area contributed by atoms with Gasteiger partial charge in [-0.3, -0.25) is 9.59 Å². The van der Waals surface area contributed by atoms with Crippen LogP contribution in [0.5, 0.6) is 5.88 Å². The Hall–Kier alpha value is -1.85. The van der Waals surface area contributed by atoms with Crippen LogP contribution in [0.1, 0.15) is 30.0 Å². The number of hydrogen-bond acceptors (Lipinski definition) is 4. The van der Waals surface area contributed by atoms with Gasteiger partial charge >= 0.3 is 0 Å². The maximum absolute atomic E-state index is 11.7. The fraction of sp³-hybridized carbons (Fsp3) is 0.545. The number of ether oxygens (including phenoxy) is 1. The van der Waals surface area contributed by atoms with E-state index in [1.165, 1.54) is 14.2 Å². The topological polar surface area (TPSA) is 84.1 Å². The minimum absolute atomic E-state index is 0.0486. The fourth-order valence-electron chi connectivity index (χ4n) is 1.42. The average molecular weight is 239 g/mol. The van der Waals surface area contributed by atoms with Crippen LogP contribution in [0.2, 0.25) is 0 Å². The third-order valence-electron chi connectivity index (χ3n) is 2.20. The van der Waals surface area contributed by atoms with Gasteiger partial charge in [-0.05, 0) is 12.3 Å². The van der Waals surface area contributed by atoms with Crippen LogP contribution in [0.25, 0.3) is 0 Å². The van der Waals surface area contributed by atoms with Crippen molar-refractivity contribution in [3.63, 3.8) is 0 Å². The van der Waals surface area contributed by atoms with Crippen LogP contribution in [0.3, 0.4) is 0 Å². The highest BCUT2D eigenvalue weighted by molar-refractivity contribution is 5.94. The molecule has 0 aromatic carbocycles. The number of amides is 1. The maximum atomic E-state index is 11.7. The highest BCUT2D eigenvalue weighted by atomic mass is 16.5. The Kier molecular flexibility index (Phi) is 4.25. The molecule has 2 N–H and O–H groups in total. The van der Waals surface area contributed by atoms with Crippen LogP contribution in [-0.4, -0.2) is 30.0 Å². The molecule has 0 saturated heterocycles. The van der Waals surface area contributed by atoms with Gasteiger partial charge < -0.3 is 15.0 Å². The Morgan fingerprint density at radius 1 is 1.53 bits per heavy atom. The number of nitrogens with one attached hydrogen (secondary N) is 2. The molecular formula is C11H17N3O3. The molecule has 17 heavy (non-hydrogen) atoms. The molecule has 0 saturated carbocycles. The van der Waals surface area contributed by atoms with Crippen LogP contribution in [0, 0.1) is 5.92 Å². The van der Waals surface area contributed by atoms with Gasteiger partial charge in [0, 0.05) is 7.05 Å². The molecule has 1 heterocycles. The van der Waals surface area contributed by atoms with Crippen LogP contribution in [-0.2, 0) is 6.42 Å². The largest absolute Gasteiger partial charge is 0.479 e. The summed E-state index contributed by atoms with van der Waals surface area (Å²) in [4.78, 5) is 29.8. The summed E-state index contributed by atoms with van der Waals surface area (Å²) in [5, 5.41) is 2.41. The molecule has 0 aliphatic heterocycles. The Bertz CT molecular complexity index is 466. The molecule has 6 nitrogen and oxygen atoms in total. The summed E-state index contributed by atoms with van der Waals surface area (Å²) in [5.74, 6) is 0.0151. The first kappa shape index (κ1) is 13.2. The standard InChI is InChI=1S/C11H17N3O3/c1-6(2)5-7-9(15)14-8(10(16)12-3)11(13-7)17-4/h6H,5H2,1-4H3,(H,12,16)(H,14,15). The van der Waals surface area contributed by atoms with Crippen molar-refractivity contribution in [2.45, 2.75) is 20.3 Å². The Balaban J connectivity index is 3.24. The van der Waals surface area contributed by atoms with Crippen molar-refractivity contribution in [2.75, 3.05) is 14.2 Å². The summed E-state index contributed by atoms with van der Waals surface area (Å²) in [6, 6.07) is 0. The van der Waals surface area contributed by atoms with E-state index in [2.05, 4.69) is 15.3 Å². The van der Waals surface area contributed by atoms with Crippen LogP contribution >= 0.6 is 0 Å². The van der Waals surface area contributed by atoms with Crippen molar-refractivity contribution in [1.29, 1.82) is 0 Å². The number of hydrogen-bond donors (Lipinski definition) is 2. The second kappa shape index (κ2) is 5.47. The lowest BCUT2D eigenvalue weighted by molar-refractivity contribution is 0.0953. The normalized spacial score (nSPS) is 10.4. The zero-order valence-electron chi connectivity index (χ0n) is 10.5. The van der Waals surface area contributed by atoms with Gasteiger partial charge in [0.2, 0.25) is 5.88 Å². The van der Waals surface area contributed by atoms with Gasteiger partial charge in [0.25, 0.3) is 11.5 Å². The van der Waals surface area contributed by atoms with Crippen molar-refractivity contribution in [1.82, 2.24) is 15.3 Å². The molecular weight excluding hydrogens is 222 g/mol. The number of aromatic nitrogens is 2. The molecule has 0 bridgehead atoms. The summed E-state index contributed by atoms with van der Waals surface area (Å²) >= 11 is 0. The number of carbonyl (C=O) groups is 1. The smallest absolute Gasteiger partial charge is 0.273 e. The lowest BCUT2D eigenvalue weighted by atomic mass is 10.1. The van der Waals surface area contributed by atoms with Crippen LogP contribution < -0.4 is 15.6 Å². The molecule has 1 rings (SSSR count). The molecule has 0 unspecified atom stereocenters. The zero-order valence-corrected chi connectivity index (χ0v) is 10.5. The molecule has 0 atom stereocenters. The lowest BCUT2D eigenvalue weighted by Gasteiger charge is -2.09. The summed E-state index contributed by atoms with van der Waals surface area (Å²) in [7, 11) is 2.88. The SMILES string of the molecule is CNC(=O)c1[nH]c(=O)c(CC(C)C)nc1OC. The minimum Gasteiger partial charge on any atom is -0.479 e. The fourth-order valence-corrected chi connectivity index (χ4v) is 1.42. The predicted molar refractivity (Wildman–Crippen MR) is 63.3 cm³/mol. The number of carbonyl (C=O) groups excluding carboxylic acids is 1. The maximum Gasteiger partial charge on any atom is 0.273 e. The lowest BCUT2D eigenvalue weighted by Crippen LogP contribution is -2.27. The van der Waals surface area contributed by atoms with E-state index in [0.717, 1.165) is 0 Å². The van der Waals surface area contributed by atoms with Gasteiger partial charge in [-0.1, -0.05) is 13.8 Å². The van der Waals surface area contributed by atoms with Crippen molar-refractivity contribution in [2.24, 2.45) is 5.92 Å². The van der Waals surface area contributed by atoms with E-state index in [-0.39, 0.29) is 17.1 Å². The molecule has 0 radical (unpaired) electrons. The van der Waals surface area contributed by atoms with Crippen molar-refractivity contribution >= 4 is 5.91 Å². The van der Waals surface area contributed by atoms with Crippen molar-refractivity contribution in [3.05, 3.63) is 21.7 Å². The van der Waals surface area contributed by atoms with Gasteiger partial charge in [0.15, 0.2) is 5.69 Å². The van der Waals surface area contributed by atoms with Crippen molar-refractivity contribution < 1.29 is 9.53 Å². The first-order chi connectivity index (χ1) is 7.99. The van der Waals surface area contributed by atoms with Crippen LogP contribution in [0.15, 0.2) is 4.79 Å². The second-order valence-corrected chi connectivity index (χ2v) is 4.07. The average Bonchev–Trinajstić information content (AvgIpc) is 2.29. The summed E-state index contributed by atoms with van der Waals surface area (Å²) in [5.41, 5.74) is 0.0788. The molecule has 0 aliphatic rings. The zero-order chi connectivity index (χ0) is 13.0. The molecule has 0 fully saturated rings. The Labute approximate surface area is 99.4 Å². The Morgan fingerprint density at radius 2 is 2.18 bits per heavy atom. The summed E-state index contributed by atoms with van der Waals surface area (Å²) in [6.07, 6.45) is 0.541. The van der Waals surface area contributed by atoms with Gasteiger partial charge in [-0.15, -0.1) is 0 Å². The van der Waals surface area contributed by atoms with Gasteiger partial charge in [-0.2, -0.15) is 0 Å². The van der Waals surface area contributed by atoms with Gasteiger partial charge in [0.1, 0.15) is 5.69 Å². The first-order valence-electron chi connectivity index (χ1n) is 5.38. The highest BCUT2D eigenvalue weighted by Crippen LogP contribution is 2.12. The van der Waals surface area contributed by atoms with E-state index in [0.29, 0.717) is 18.0 Å². The van der Waals surface area contributed by atoms with E-state index in [1.807, 2.05) is 13.8 Å². The van der Waals surface area contributed by atoms with E-state index in [9.17, 15) is 9.59 Å². The molecule has 1 amide bonds. The third kappa shape index (κ3) is 3.05. The highest BCUT2D eigenvalue weighted by Gasteiger charge is 2.17. The van der Waals surface area contributed by atoms with E-state index in [1.54, 1.807) is 0 Å². The first-order valence-corrected chi connectivity index (χ1v) is 5.38. The summed E-state index contributed by atoms with van der Waals surface area (Å²) in [6.45, 7) is 3.97. The predicted octanol–water partition coefficient (Wildman–Crippen LogP) is 0.337. The van der Waals surface area contributed by atoms with Crippen molar-refractivity contribution in [3.8, 4) is 5.88 Å². The number of H-pyrrole nitrogens is 1. The van der Waals surface area contributed by atoms with E-state index >= 15 is 0 Å². The molecule has 0 aliphatic carbocycles. The number of nitrogens with zero attached hydrogens (tertiary/aromatic N) is 1. The molecule has 1 aromatic heterocycles. The van der Waals surface area contributed by atoms with E-state index < -0.39 is 5.91 Å². The van der Waals surface area contributed by atoms with Gasteiger partial charge in [-0.25, -0.2) is 4.98 Å². The quantitative estimate of drug-likeness (QED) is 0.793. The van der Waals surface area contributed by atoms with E-state index in [4.69, 9.17) is 4.74 Å². The minimum atomic E-state index is -0.428. The number of aromatic amines is 1. The molecule has 94 valence electrons. The Morgan fingerprint density at radius 3 is 2.65 bits per heavy atom. The number of methoxy groups -OCH3 is 1.